The first kappa shape index (κ1) is 19.5. The van der Waals surface area contributed by atoms with Crippen molar-refractivity contribution in [2.45, 2.75) is 32.7 Å². The van der Waals surface area contributed by atoms with Gasteiger partial charge in [-0.15, -0.1) is 0 Å². The number of piperidine rings is 1. The van der Waals surface area contributed by atoms with Crippen molar-refractivity contribution in [3.63, 3.8) is 0 Å². The number of hydrogen-bond donors (Lipinski definition) is 0. The summed E-state index contributed by atoms with van der Waals surface area (Å²) in [5.41, 5.74) is 0.609. The number of aromatic nitrogens is 3. The Morgan fingerprint density at radius 1 is 1.30 bits per heavy atom. The van der Waals surface area contributed by atoms with Gasteiger partial charge in [0.05, 0.1) is 12.0 Å². The van der Waals surface area contributed by atoms with E-state index in [-0.39, 0.29) is 5.97 Å². The van der Waals surface area contributed by atoms with E-state index in [2.05, 4.69) is 20.9 Å². The monoisotopic (exact) mass is 372 g/mol. The van der Waals surface area contributed by atoms with Crippen LogP contribution in [0.4, 0.5) is 0 Å². The van der Waals surface area contributed by atoms with Crippen LogP contribution in [0.25, 0.3) is 5.95 Å². The van der Waals surface area contributed by atoms with E-state index in [0.29, 0.717) is 32.1 Å². The Bertz CT molecular complexity index is 734. The fourth-order valence-electron chi connectivity index (χ4n) is 3.80. The maximum atomic E-state index is 12.7. The topological polar surface area (TPSA) is 69.5 Å². The van der Waals surface area contributed by atoms with E-state index in [0.717, 1.165) is 31.6 Å². The normalized spacial score (nSPS) is 20.5. The Kier molecular flexibility index (Phi) is 6.58. The van der Waals surface area contributed by atoms with Crippen molar-refractivity contribution < 1.29 is 14.3 Å². The van der Waals surface area contributed by atoms with Crippen LogP contribution in [-0.4, -0.2) is 58.8 Å². The summed E-state index contributed by atoms with van der Waals surface area (Å²) in [6.45, 7) is 5.18. The van der Waals surface area contributed by atoms with Crippen LogP contribution >= 0.6 is 0 Å². The molecule has 2 aromatic heterocycles. The largest absolute Gasteiger partial charge is 0.466 e. The molecule has 7 nitrogen and oxygen atoms in total. The Hall–Kier alpha value is -2.25. The number of ether oxygens (including phenoxy) is 2. The van der Waals surface area contributed by atoms with Gasteiger partial charge in [0.25, 0.3) is 0 Å². The molecular weight excluding hydrogens is 344 g/mol. The minimum absolute atomic E-state index is 0.103. The lowest BCUT2D eigenvalue weighted by atomic mass is 9.77. The molecule has 1 unspecified atom stereocenters. The standard InChI is InChI=1S/C20H28N4O3/c1-3-27-18(25)20(9-14-26-2)8-5-12-23(16-20)15-17-7-4-13-24(17)19-21-10-6-11-22-19/h4,6-7,10-11,13H,3,5,8-9,12,14-16H2,1-2H3. The quantitative estimate of drug-likeness (QED) is 0.663. The number of rotatable bonds is 8. The Labute approximate surface area is 160 Å². The Morgan fingerprint density at radius 2 is 2.11 bits per heavy atom. The summed E-state index contributed by atoms with van der Waals surface area (Å²) in [5.74, 6) is 0.555. The molecule has 3 rings (SSSR count). The molecule has 7 heteroatoms. The lowest BCUT2D eigenvalue weighted by Gasteiger charge is -2.41. The molecule has 0 spiro atoms. The van der Waals surface area contributed by atoms with E-state index in [1.807, 2.05) is 23.8 Å². The number of likely N-dealkylation sites (tertiary alicyclic amines) is 1. The highest BCUT2D eigenvalue weighted by Crippen LogP contribution is 2.35. The molecule has 1 fully saturated rings. The summed E-state index contributed by atoms with van der Waals surface area (Å²) >= 11 is 0. The molecule has 0 aromatic carbocycles. The van der Waals surface area contributed by atoms with Crippen molar-refractivity contribution in [1.82, 2.24) is 19.4 Å². The highest BCUT2D eigenvalue weighted by Gasteiger charge is 2.43. The van der Waals surface area contributed by atoms with Gasteiger partial charge in [-0.2, -0.15) is 0 Å². The summed E-state index contributed by atoms with van der Waals surface area (Å²) < 4.78 is 12.7. The number of nitrogens with zero attached hydrogens (tertiary/aromatic N) is 4. The Morgan fingerprint density at radius 3 is 2.85 bits per heavy atom. The van der Waals surface area contributed by atoms with Crippen LogP contribution in [0.15, 0.2) is 36.8 Å². The summed E-state index contributed by atoms with van der Waals surface area (Å²) in [6.07, 6.45) is 7.94. The molecule has 0 aliphatic carbocycles. The zero-order valence-electron chi connectivity index (χ0n) is 16.1. The molecule has 0 radical (unpaired) electrons. The molecule has 3 heterocycles. The van der Waals surface area contributed by atoms with E-state index < -0.39 is 5.41 Å². The molecule has 27 heavy (non-hydrogen) atoms. The van der Waals surface area contributed by atoms with Gasteiger partial charge in [0.2, 0.25) is 5.95 Å². The SMILES string of the molecule is CCOC(=O)C1(CCOC)CCCN(Cc2cccn2-c2ncccn2)C1. The second-order valence-electron chi connectivity index (χ2n) is 6.98. The molecule has 0 bridgehead atoms. The molecular formula is C20H28N4O3. The van der Waals surface area contributed by atoms with Gasteiger partial charge in [-0.3, -0.25) is 14.3 Å². The maximum Gasteiger partial charge on any atom is 0.313 e. The van der Waals surface area contributed by atoms with Gasteiger partial charge in [-0.25, -0.2) is 9.97 Å². The van der Waals surface area contributed by atoms with Gasteiger partial charge in [-0.1, -0.05) is 0 Å². The fourth-order valence-corrected chi connectivity index (χ4v) is 3.80. The molecule has 1 saturated heterocycles. The predicted octanol–water partition coefficient (Wildman–Crippen LogP) is 2.45. The lowest BCUT2D eigenvalue weighted by molar-refractivity contribution is -0.160. The van der Waals surface area contributed by atoms with Crippen molar-refractivity contribution in [2.24, 2.45) is 5.41 Å². The number of methoxy groups -OCH3 is 1. The second kappa shape index (κ2) is 9.10. The van der Waals surface area contributed by atoms with Gasteiger partial charge in [0.15, 0.2) is 0 Å². The number of carbonyl (C=O) groups excluding carboxylic acids is 1. The summed E-state index contributed by atoms with van der Waals surface area (Å²) in [4.78, 5) is 23.7. The van der Waals surface area contributed by atoms with Crippen molar-refractivity contribution in [3.05, 3.63) is 42.5 Å². The summed E-state index contributed by atoms with van der Waals surface area (Å²) in [6, 6.07) is 5.88. The van der Waals surface area contributed by atoms with E-state index in [4.69, 9.17) is 9.47 Å². The minimum Gasteiger partial charge on any atom is -0.466 e. The van der Waals surface area contributed by atoms with Crippen LogP contribution < -0.4 is 0 Å². The molecule has 1 atom stereocenters. The number of carbonyl (C=O) groups is 1. The molecule has 0 N–H and O–H groups in total. The van der Waals surface area contributed by atoms with Crippen molar-refractivity contribution in [1.29, 1.82) is 0 Å². The summed E-state index contributed by atoms with van der Waals surface area (Å²) in [5, 5.41) is 0. The number of esters is 1. The highest BCUT2D eigenvalue weighted by molar-refractivity contribution is 5.77. The number of hydrogen-bond acceptors (Lipinski definition) is 6. The van der Waals surface area contributed by atoms with Crippen molar-refractivity contribution in [3.8, 4) is 5.95 Å². The van der Waals surface area contributed by atoms with Crippen LogP contribution in [0, 0.1) is 5.41 Å². The first-order valence-electron chi connectivity index (χ1n) is 9.50. The van der Waals surface area contributed by atoms with E-state index in [9.17, 15) is 4.79 Å². The van der Waals surface area contributed by atoms with Crippen molar-refractivity contribution >= 4 is 5.97 Å². The van der Waals surface area contributed by atoms with Crippen molar-refractivity contribution in [2.75, 3.05) is 33.4 Å². The van der Waals surface area contributed by atoms with Crippen LogP contribution in [0.2, 0.25) is 0 Å². The third kappa shape index (κ3) is 4.54. The maximum absolute atomic E-state index is 12.7. The van der Waals surface area contributed by atoms with Gasteiger partial charge in [0.1, 0.15) is 0 Å². The molecule has 0 saturated carbocycles. The fraction of sp³-hybridized carbons (Fsp3) is 0.550. The van der Waals surface area contributed by atoms with Crippen LogP contribution in [0.3, 0.4) is 0 Å². The molecule has 2 aromatic rings. The van der Waals surface area contributed by atoms with E-state index >= 15 is 0 Å². The minimum atomic E-state index is -0.495. The first-order valence-corrected chi connectivity index (χ1v) is 9.50. The van der Waals surface area contributed by atoms with Gasteiger partial charge in [-0.05, 0) is 50.9 Å². The zero-order valence-corrected chi connectivity index (χ0v) is 16.1. The second-order valence-corrected chi connectivity index (χ2v) is 6.98. The van der Waals surface area contributed by atoms with Gasteiger partial charge >= 0.3 is 5.97 Å². The van der Waals surface area contributed by atoms with Crippen LogP contribution in [0.1, 0.15) is 31.9 Å². The van der Waals surface area contributed by atoms with Crippen LogP contribution in [0.5, 0.6) is 0 Å². The third-order valence-corrected chi connectivity index (χ3v) is 5.14. The molecule has 1 aliphatic rings. The molecule has 146 valence electrons. The average Bonchev–Trinajstić information content (AvgIpc) is 3.15. The smallest absolute Gasteiger partial charge is 0.313 e. The molecule has 1 aliphatic heterocycles. The van der Waals surface area contributed by atoms with Gasteiger partial charge in [0, 0.05) is 51.1 Å². The molecule has 0 amide bonds. The average molecular weight is 372 g/mol. The van der Waals surface area contributed by atoms with Crippen LogP contribution in [-0.2, 0) is 20.8 Å². The summed E-state index contributed by atoms with van der Waals surface area (Å²) in [7, 11) is 1.67. The highest BCUT2D eigenvalue weighted by atomic mass is 16.5. The van der Waals surface area contributed by atoms with E-state index in [1.54, 1.807) is 25.6 Å². The van der Waals surface area contributed by atoms with Gasteiger partial charge < -0.3 is 9.47 Å². The third-order valence-electron chi connectivity index (χ3n) is 5.14. The Balaban J connectivity index is 1.76. The predicted molar refractivity (Wildman–Crippen MR) is 101 cm³/mol. The van der Waals surface area contributed by atoms with E-state index in [1.165, 1.54) is 0 Å². The zero-order chi connectivity index (χ0) is 19.1. The lowest BCUT2D eigenvalue weighted by Crippen LogP contribution is -2.49. The first-order chi connectivity index (χ1) is 13.2.